The van der Waals surface area contributed by atoms with Gasteiger partial charge in [-0.15, -0.1) is 0 Å². The molecule has 0 fully saturated rings. The number of aliphatic hydroxyl groups excluding tert-OH is 1. The molecular weight excluding hydrogens is 338 g/mol. The summed E-state index contributed by atoms with van der Waals surface area (Å²) in [6, 6.07) is 23.2. The van der Waals surface area contributed by atoms with Crippen LogP contribution in [0.1, 0.15) is 27.6 Å². The van der Waals surface area contributed by atoms with Gasteiger partial charge < -0.3 is 15.2 Å². The summed E-state index contributed by atoms with van der Waals surface area (Å²) in [4.78, 5) is 12.4. The second-order valence-corrected chi connectivity index (χ2v) is 6.63. The molecular formula is C23H21NO3. The third-order valence-corrected chi connectivity index (χ3v) is 4.81. The quantitative estimate of drug-likeness (QED) is 0.729. The molecule has 1 aliphatic heterocycles. The average molecular weight is 359 g/mol. The van der Waals surface area contributed by atoms with E-state index >= 15 is 0 Å². The molecule has 3 aromatic rings. The molecule has 0 saturated heterocycles. The lowest BCUT2D eigenvalue weighted by Gasteiger charge is -2.13. The predicted octanol–water partition coefficient (Wildman–Crippen LogP) is 3.75. The van der Waals surface area contributed by atoms with Gasteiger partial charge in [0.2, 0.25) is 0 Å². The van der Waals surface area contributed by atoms with E-state index in [1.54, 1.807) is 12.1 Å². The molecule has 0 saturated carbocycles. The summed E-state index contributed by atoms with van der Waals surface area (Å²) in [5.74, 6) is 0.687. The fraction of sp³-hybridized carbons (Fsp3) is 0.174. The topological polar surface area (TPSA) is 58.6 Å². The normalized spacial score (nSPS) is 13.5. The van der Waals surface area contributed by atoms with Crippen LogP contribution in [0.3, 0.4) is 0 Å². The Hall–Kier alpha value is -3.11. The van der Waals surface area contributed by atoms with E-state index in [9.17, 15) is 9.90 Å². The summed E-state index contributed by atoms with van der Waals surface area (Å²) >= 11 is 0. The van der Waals surface area contributed by atoms with E-state index in [1.807, 2.05) is 60.7 Å². The second-order valence-electron chi connectivity index (χ2n) is 6.63. The molecule has 4 nitrogen and oxygen atoms in total. The maximum Gasteiger partial charge on any atom is 0.251 e. The monoisotopic (exact) mass is 359 g/mol. The van der Waals surface area contributed by atoms with Gasteiger partial charge in [-0.3, -0.25) is 4.79 Å². The standard InChI is InChI=1S/C23H21NO3/c25-21(19-10-11-22-20(14-19)12-13-27-22)15-24-23(26)18-8-6-17(7-9-18)16-4-2-1-3-5-16/h1-11,14,21,25H,12-13,15H2,(H,24,26). The van der Waals surface area contributed by atoms with Gasteiger partial charge in [0.15, 0.2) is 0 Å². The summed E-state index contributed by atoms with van der Waals surface area (Å²) in [7, 11) is 0. The Kier molecular flexibility index (Phi) is 4.90. The number of amides is 1. The maximum atomic E-state index is 12.4. The van der Waals surface area contributed by atoms with Crippen molar-refractivity contribution in [1.29, 1.82) is 0 Å². The summed E-state index contributed by atoms with van der Waals surface area (Å²) in [5.41, 5.74) is 4.64. The minimum absolute atomic E-state index is 0.166. The number of nitrogens with one attached hydrogen (secondary N) is 1. The van der Waals surface area contributed by atoms with Crippen molar-refractivity contribution in [2.24, 2.45) is 0 Å². The number of ether oxygens (including phenoxy) is 1. The van der Waals surface area contributed by atoms with Crippen molar-refractivity contribution in [2.45, 2.75) is 12.5 Å². The van der Waals surface area contributed by atoms with Gasteiger partial charge in [0.05, 0.1) is 12.7 Å². The van der Waals surface area contributed by atoms with Crippen LogP contribution in [0.5, 0.6) is 5.75 Å². The Morgan fingerprint density at radius 1 is 1.00 bits per heavy atom. The van der Waals surface area contributed by atoms with Crippen molar-refractivity contribution in [1.82, 2.24) is 5.32 Å². The number of benzene rings is 3. The zero-order valence-corrected chi connectivity index (χ0v) is 14.9. The van der Waals surface area contributed by atoms with Crippen LogP contribution < -0.4 is 10.1 Å². The molecule has 0 bridgehead atoms. The predicted molar refractivity (Wildman–Crippen MR) is 105 cm³/mol. The highest BCUT2D eigenvalue weighted by Gasteiger charge is 2.16. The minimum Gasteiger partial charge on any atom is -0.493 e. The van der Waals surface area contributed by atoms with E-state index in [4.69, 9.17) is 4.74 Å². The van der Waals surface area contributed by atoms with Gasteiger partial charge in [-0.25, -0.2) is 0 Å². The molecule has 1 aliphatic rings. The SMILES string of the molecule is O=C(NCC(O)c1ccc2c(c1)CCO2)c1ccc(-c2ccccc2)cc1. The molecule has 1 heterocycles. The van der Waals surface area contributed by atoms with Crippen molar-refractivity contribution in [3.63, 3.8) is 0 Å². The third kappa shape index (κ3) is 3.86. The molecule has 3 aromatic carbocycles. The Labute approximate surface area is 158 Å². The first kappa shape index (κ1) is 17.3. The zero-order valence-electron chi connectivity index (χ0n) is 14.9. The largest absolute Gasteiger partial charge is 0.493 e. The molecule has 4 rings (SSSR count). The van der Waals surface area contributed by atoms with Crippen LogP contribution >= 0.6 is 0 Å². The summed E-state index contributed by atoms with van der Waals surface area (Å²) in [6.45, 7) is 0.851. The number of carbonyl (C=O) groups excluding carboxylic acids is 1. The number of hydrogen-bond acceptors (Lipinski definition) is 3. The van der Waals surface area contributed by atoms with Crippen molar-refractivity contribution < 1.29 is 14.6 Å². The van der Waals surface area contributed by atoms with Crippen LogP contribution in [0.2, 0.25) is 0 Å². The van der Waals surface area contributed by atoms with E-state index in [2.05, 4.69) is 5.32 Å². The molecule has 136 valence electrons. The van der Waals surface area contributed by atoms with Gasteiger partial charge in [-0.05, 0) is 46.5 Å². The van der Waals surface area contributed by atoms with Crippen LogP contribution in [0.15, 0.2) is 72.8 Å². The van der Waals surface area contributed by atoms with Crippen molar-refractivity contribution in [3.8, 4) is 16.9 Å². The van der Waals surface area contributed by atoms with Crippen LogP contribution in [0.25, 0.3) is 11.1 Å². The van der Waals surface area contributed by atoms with Crippen molar-refractivity contribution in [2.75, 3.05) is 13.2 Å². The Bertz CT molecular complexity index is 936. The number of rotatable bonds is 5. The Balaban J connectivity index is 1.37. The molecule has 2 N–H and O–H groups in total. The number of carbonyl (C=O) groups is 1. The van der Waals surface area contributed by atoms with Crippen molar-refractivity contribution >= 4 is 5.91 Å². The lowest BCUT2D eigenvalue weighted by atomic mass is 10.0. The first-order chi connectivity index (χ1) is 13.2. The van der Waals surface area contributed by atoms with E-state index in [0.29, 0.717) is 12.2 Å². The van der Waals surface area contributed by atoms with Crippen LogP contribution in [0.4, 0.5) is 0 Å². The average Bonchev–Trinajstić information content (AvgIpc) is 3.20. The number of aliphatic hydroxyl groups is 1. The van der Waals surface area contributed by atoms with Crippen LogP contribution in [0, 0.1) is 0 Å². The van der Waals surface area contributed by atoms with E-state index in [1.165, 1.54) is 0 Å². The fourth-order valence-electron chi connectivity index (χ4n) is 3.27. The molecule has 1 unspecified atom stereocenters. The van der Waals surface area contributed by atoms with E-state index < -0.39 is 6.10 Å². The summed E-state index contributed by atoms with van der Waals surface area (Å²) in [6.07, 6.45) is 0.110. The van der Waals surface area contributed by atoms with Gasteiger partial charge in [0, 0.05) is 18.5 Å². The minimum atomic E-state index is -0.747. The summed E-state index contributed by atoms with van der Waals surface area (Å²) in [5, 5.41) is 13.2. The third-order valence-electron chi connectivity index (χ3n) is 4.81. The Morgan fingerprint density at radius 3 is 2.52 bits per heavy atom. The first-order valence-corrected chi connectivity index (χ1v) is 9.08. The van der Waals surface area contributed by atoms with E-state index in [0.717, 1.165) is 34.4 Å². The van der Waals surface area contributed by atoms with Crippen molar-refractivity contribution in [3.05, 3.63) is 89.5 Å². The molecule has 27 heavy (non-hydrogen) atoms. The number of fused-ring (bicyclic) bond motifs is 1. The highest BCUT2D eigenvalue weighted by atomic mass is 16.5. The molecule has 1 amide bonds. The Morgan fingerprint density at radius 2 is 1.74 bits per heavy atom. The first-order valence-electron chi connectivity index (χ1n) is 9.08. The fourth-order valence-corrected chi connectivity index (χ4v) is 3.27. The van der Waals surface area contributed by atoms with Gasteiger partial charge >= 0.3 is 0 Å². The lowest BCUT2D eigenvalue weighted by molar-refractivity contribution is 0.0916. The molecule has 1 atom stereocenters. The van der Waals surface area contributed by atoms with Gasteiger partial charge in [0.1, 0.15) is 5.75 Å². The van der Waals surface area contributed by atoms with Gasteiger partial charge in [0.25, 0.3) is 5.91 Å². The van der Waals surface area contributed by atoms with Gasteiger partial charge in [-0.1, -0.05) is 48.5 Å². The molecule has 4 heteroatoms. The highest BCUT2D eigenvalue weighted by molar-refractivity contribution is 5.94. The molecule has 0 spiro atoms. The maximum absolute atomic E-state index is 12.4. The zero-order chi connectivity index (χ0) is 18.6. The molecule has 0 radical (unpaired) electrons. The van der Waals surface area contributed by atoms with Gasteiger partial charge in [-0.2, -0.15) is 0 Å². The number of hydrogen-bond donors (Lipinski definition) is 2. The second kappa shape index (κ2) is 7.64. The molecule has 0 aliphatic carbocycles. The van der Waals surface area contributed by atoms with Crippen LogP contribution in [-0.4, -0.2) is 24.2 Å². The van der Waals surface area contributed by atoms with E-state index in [-0.39, 0.29) is 12.5 Å². The van der Waals surface area contributed by atoms with Crippen LogP contribution in [-0.2, 0) is 6.42 Å². The highest BCUT2D eigenvalue weighted by Crippen LogP contribution is 2.28. The smallest absolute Gasteiger partial charge is 0.251 e. The lowest BCUT2D eigenvalue weighted by Crippen LogP contribution is -2.28. The summed E-state index contributed by atoms with van der Waals surface area (Å²) < 4.78 is 5.48. The molecule has 0 aromatic heterocycles.